The number of urea groups is 1. The number of amides is 2. The lowest BCUT2D eigenvalue weighted by molar-refractivity contribution is 0.149. The van der Waals surface area contributed by atoms with E-state index in [0.717, 1.165) is 12.0 Å². The minimum absolute atomic E-state index is 0.0167. The molecule has 1 atom stereocenters. The van der Waals surface area contributed by atoms with Gasteiger partial charge in [0.1, 0.15) is 0 Å². The van der Waals surface area contributed by atoms with Crippen molar-refractivity contribution in [3.8, 4) is 0 Å². The Bertz CT molecular complexity index is 415. The zero-order valence-electron chi connectivity index (χ0n) is 13.6. The van der Waals surface area contributed by atoms with Crippen molar-refractivity contribution >= 4 is 6.03 Å². The van der Waals surface area contributed by atoms with Crippen LogP contribution >= 0.6 is 0 Å². The molecular formula is C17H28N2O2. The van der Waals surface area contributed by atoms with Gasteiger partial charge in [0.2, 0.25) is 0 Å². The fraction of sp³-hybridized carbons (Fsp3) is 0.588. The van der Waals surface area contributed by atoms with E-state index in [2.05, 4.69) is 55.7 Å². The molecule has 0 saturated heterocycles. The van der Waals surface area contributed by atoms with Crippen LogP contribution < -0.4 is 10.6 Å². The summed E-state index contributed by atoms with van der Waals surface area (Å²) < 4.78 is 5.20. The third-order valence-electron chi connectivity index (χ3n) is 3.44. The molecule has 0 aliphatic heterocycles. The highest BCUT2D eigenvalue weighted by atomic mass is 16.5. The average molecular weight is 292 g/mol. The monoisotopic (exact) mass is 292 g/mol. The molecule has 0 fully saturated rings. The fourth-order valence-corrected chi connectivity index (χ4v) is 2.17. The lowest BCUT2D eigenvalue weighted by Gasteiger charge is -2.23. The number of carbonyl (C=O) groups is 1. The van der Waals surface area contributed by atoms with Gasteiger partial charge < -0.3 is 15.4 Å². The SMILES string of the molecule is CCOCCNC(=O)NC(c1ccc(CC)cc1)C(C)C. The van der Waals surface area contributed by atoms with Crippen molar-refractivity contribution in [3.63, 3.8) is 0 Å². The van der Waals surface area contributed by atoms with Crippen molar-refractivity contribution in [2.24, 2.45) is 5.92 Å². The van der Waals surface area contributed by atoms with Gasteiger partial charge in [-0.3, -0.25) is 0 Å². The van der Waals surface area contributed by atoms with Crippen molar-refractivity contribution in [2.45, 2.75) is 40.2 Å². The van der Waals surface area contributed by atoms with Gasteiger partial charge in [-0.25, -0.2) is 4.79 Å². The molecule has 1 rings (SSSR count). The molecule has 1 unspecified atom stereocenters. The van der Waals surface area contributed by atoms with E-state index in [1.165, 1.54) is 5.56 Å². The first-order valence-electron chi connectivity index (χ1n) is 7.79. The zero-order chi connectivity index (χ0) is 15.7. The third-order valence-corrected chi connectivity index (χ3v) is 3.44. The highest BCUT2D eigenvalue weighted by Crippen LogP contribution is 2.22. The first kappa shape index (κ1) is 17.5. The van der Waals surface area contributed by atoms with Crippen molar-refractivity contribution in [2.75, 3.05) is 19.8 Å². The molecular weight excluding hydrogens is 264 g/mol. The second-order valence-corrected chi connectivity index (χ2v) is 5.41. The minimum Gasteiger partial charge on any atom is -0.380 e. The zero-order valence-corrected chi connectivity index (χ0v) is 13.6. The molecule has 2 N–H and O–H groups in total. The van der Waals surface area contributed by atoms with Crippen LogP contribution in [0.2, 0.25) is 0 Å². The van der Waals surface area contributed by atoms with Crippen LogP contribution in [0, 0.1) is 5.92 Å². The summed E-state index contributed by atoms with van der Waals surface area (Å²) in [5.74, 6) is 0.329. The molecule has 118 valence electrons. The van der Waals surface area contributed by atoms with E-state index in [-0.39, 0.29) is 12.1 Å². The van der Waals surface area contributed by atoms with Gasteiger partial charge in [0.05, 0.1) is 12.6 Å². The van der Waals surface area contributed by atoms with Crippen LogP contribution in [0.3, 0.4) is 0 Å². The number of carbonyl (C=O) groups excluding carboxylic acids is 1. The predicted octanol–water partition coefficient (Wildman–Crippen LogP) is 3.28. The molecule has 0 aliphatic rings. The summed E-state index contributed by atoms with van der Waals surface area (Å²) in [5, 5.41) is 5.86. The Kier molecular flexibility index (Phi) is 7.83. The summed E-state index contributed by atoms with van der Waals surface area (Å²) in [7, 11) is 0. The van der Waals surface area contributed by atoms with E-state index in [4.69, 9.17) is 4.74 Å². The Morgan fingerprint density at radius 2 is 1.86 bits per heavy atom. The van der Waals surface area contributed by atoms with E-state index >= 15 is 0 Å². The second kappa shape index (κ2) is 9.40. The first-order chi connectivity index (χ1) is 10.1. The molecule has 2 amide bonds. The van der Waals surface area contributed by atoms with Gasteiger partial charge in [-0.2, -0.15) is 0 Å². The Balaban J connectivity index is 2.58. The maximum absolute atomic E-state index is 11.9. The largest absolute Gasteiger partial charge is 0.380 e. The van der Waals surface area contributed by atoms with Crippen molar-refractivity contribution in [1.29, 1.82) is 0 Å². The summed E-state index contributed by atoms with van der Waals surface area (Å²) in [6, 6.07) is 8.32. The van der Waals surface area contributed by atoms with E-state index in [1.54, 1.807) is 0 Å². The van der Waals surface area contributed by atoms with Crippen LogP contribution in [0.5, 0.6) is 0 Å². The molecule has 0 heterocycles. The Morgan fingerprint density at radius 3 is 2.38 bits per heavy atom. The summed E-state index contributed by atoms with van der Waals surface area (Å²) in [5.41, 5.74) is 2.45. The van der Waals surface area contributed by atoms with E-state index in [9.17, 15) is 4.79 Å². The maximum atomic E-state index is 11.9. The van der Waals surface area contributed by atoms with Crippen molar-refractivity contribution in [1.82, 2.24) is 10.6 Å². The van der Waals surface area contributed by atoms with Crippen LogP contribution in [0.15, 0.2) is 24.3 Å². The van der Waals surface area contributed by atoms with E-state index < -0.39 is 0 Å². The van der Waals surface area contributed by atoms with Crippen LogP contribution in [0.4, 0.5) is 4.79 Å². The van der Waals surface area contributed by atoms with E-state index in [1.807, 2.05) is 6.92 Å². The van der Waals surface area contributed by atoms with E-state index in [0.29, 0.717) is 25.7 Å². The number of rotatable bonds is 8. The van der Waals surface area contributed by atoms with Gasteiger partial charge in [0, 0.05) is 13.2 Å². The lowest BCUT2D eigenvalue weighted by Crippen LogP contribution is -2.41. The van der Waals surface area contributed by atoms with Gasteiger partial charge in [-0.05, 0) is 30.4 Å². The van der Waals surface area contributed by atoms with Crippen molar-refractivity contribution < 1.29 is 9.53 Å². The molecule has 0 aliphatic carbocycles. The highest BCUT2D eigenvalue weighted by molar-refractivity contribution is 5.74. The molecule has 0 spiro atoms. The molecule has 1 aromatic carbocycles. The molecule has 4 nitrogen and oxygen atoms in total. The molecule has 0 bridgehead atoms. The van der Waals surface area contributed by atoms with Crippen LogP contribution in [-0.4, -0.2) is 25.8 Å². The topological polar surface area (TPSA) is 50.4 Å². The summed E-state index contributed by atoms with van der Waals surface area (Å²) in [6.07, 6.45) is 1.03. The number of aryl methyl sites for hydroxylation is 1. The fourth-order valence-electron chi connectivity index (χ4n) is 2.17. The van der Waals surface area contributed by atoms with Gasteiger partial charge >= 0.3 is 6.03 Å². The smallest absolute Gasteiger partial charge is 0.315 e. The summed E-state index contributed by atoms with van der Waals surface area (Å²) >= 11 is 0. The Labute approximate surface area is 128 Å². The number of hydrogen-bond donors (Lipinski definition) is 2. The van der Waals surface area contributed by atoms with Gasteiger partial charge in [0.25, 0.3) is 0 Å². The standard InChI is InChI=1S/C17H28N2O2/c1-5-14-7-9-15(10-8-14)16(13(3)4)19-17(20)18-11-12-21-6-2/h7-10,13,16H,5-6,11-12H2,1-4H3,(H2,18,19,20). The normalized spacial score (nSPS) is 12.2. The number of nitrogens with one attached hydrogen (secondary N) is 2. The Morgan fingerprint density at radius 1 is 1.19 bits per heavy atom. The minimum atomic E-state index is -0.145. The first-order valence-corrected chi connectivity index (χ1v) is 7.79. The summed E-state index contributed by atoms with van der Waals surface area (Å²) in [6.45, 7) is 10.0. The predicted molar refractivity (Wildman–Crippen MR) is 86.4 cm³/mol. The van der Waals surface area contributed by atoms with Gasteiger partial charge in [0.15, 0.2) is 0 Å². The van der Waals surface area contributed by atoms with Crippen LogP contribution in [0.25, 0.3) is 0 Å². The molecule has 1 aromatic rings. The molecule has 0 saturated carbocycles. The van der Waals surface area contributed by atoms with Gasteiger partial charge in [-0.15, -0.1) is 0 Å². The molecule has 4 heteroatoms. The molecule has 21 heavy (non-hydrogen) atoms. The lowest BCUT2D eigenvalue weighted by atomic mass is 9.95. The number of hydrogen-bond acceptors (Lipinski definition) is 2. The second-order valence-electron chi connectivity index (χ2n) is 5.41. The molecule has 0 radical (unpaired) electrons. The average Bonchev–Trinajstić information content (AvgIpc) is 2.49. The highest BCUT2D eigenvalue weighted by Gasteiger charge is 2.17. The van der Waals surface area contributed by atoms with Crippen LogP contribution in [-0.2, 0) is 11.2 Å². The number of benzene rings is 1. The van der Waals surface area contributed by atoms with Crippen molar-refractivity contribution in [3.05, 3.63) is 35.4 Å². The van der Waals surface area contributed by atoms with Gasteiger partial charge in [-0.1, -0.05) is 45.0 Å². The Hall–Kier alpha value is -1.55. The third kappa shape index (κ3) is 6.17. The number of ether oxygens (including phenoxy) is 1. The maximum Gasteiger partial charge on any atom is 0.315 e. The van der Waals surface area contributed by atoms with Crippen LogP contribution in [0.1, 0.15) is 44.9 Å². The summed E-state index contributed by atoms with van der Waals surface area (Å²) in [4.78, 5) is 11.9. The quantitative estimate of drug-likeness (QED) is 0.722. The molecule has 0 aromatic heterocycles.